The Labute approximate surface area is 187 Å². The lowest BCUT2D eigenvalue weighted by Gasteiger charge is -2.39. The maximum absolute atomic E-state index is 13.5. The number of ether oxygens (including phenoxy) is 2. The Bertz CT molecular complexity index is 1100. The monoisotopic (exact) mass is 463 g/mol. The van der Waals surface area contributed by atoms with Crippen molar-refractivity contribution < 1.29 is 22.7 Å². The summed E-state index contributed by atoms with van der Waals surface area (Å²) < 4.78 is 41.6. The van der Waals surface area contributed by atoms with Gasteiger partial charge in [-0.1, -0.05) is 12.1 Å². The Kier molecular flexibility index (Phi) is 5.68. The first-order valence-electron chi connectivity index (χ1n) is 11.4. The van der Waals surface area contributed by atoms with Crippen molar-refractivity contribution in [2.24, 2.45) is 0 Å². The summed E-state index contributed by atoms with van der Waals surface area (Å²) in [6.45, 7) is 5.29. The molecule has 1 aromatic carbocycles. The van der Waals surface area contributed by atoms with Crippen molar-refractivity contribution >= 4 is 27.0 Å². The zero-order chi connectivity index (χ0) is 22.3. The molecule has 3 saturated heterocycles. The molecule has 1 atom stereocenters. The van der Waals surface area contributed by atoms with Crippen molar-refractivity contribution in [3.63, 3.8) is 0 Å². The third kappa shape index (κ3) is 3.70. The third-order valence-corrected chi connectivity index (χ3v) is 8.57. The van der Waals surface area contributed by atoms with Crippen molar-refractivity contribution in [3.05, 3.63) is 18.2 Å². The highest BCUT2D eigenvalue weighted by Crippen LogP contribution is 2.33. The number of amides is 1. The molecule has 0 aliphatic carbocycles. The SMILES string of the molecule is CCCn1nnc2cc(S(=O)(=O)N3CCC[C@@H]3C(=O)N3CCC4(CC3)OCCO4)ccc21. The van der Waals surface area contributed by atoms with Crippen molar-refractivity contribution in [1.82, 2.24) is 24.2 Å². The van der Waals surface area contributed by atoms with Crippen LogP contribution < -0.4 is 0 Å². The zero-order valence-corrected chi connectivity index (χ0v) is 19.1. The van der Waals surface area contributed by atoms with E-state index in [-0.39, 0.29) is 10.8 Å². The van der Waals surface area contributed by atoms with Crippen LogP contribution in [-0.2, 0) is 30.8 Å². The van der Waals surface area contributed by atoms with E-state index in [0.717, 1.165) is 18.5 Å². The van der Waals surface area contributed by atoms with E-state index >= 15 is 0 Å². The van der Waals surface area contributed by atoms with E-state index in [1.807, 2.05) is 6.92 Å². The second-order valence-electron chi connectivity index (χ2n) is 8.67. The quantitative estimate of drug-likeness (QED) is 0.659. The molecule has 10 nitrogen and oxygen atoms in total. The summed E-state index contributed by atoms with van der Waals surface area (Å²) in [7, 11) is -3.83. The van der Waals surface area contributed by atoms with Crippen LogP contribution in [0.4, 0.5) is 0 Å². The van der Waals surface area contributed by atoms with Gasteiger partial charge in [0.2, 0.25) is 15.9 Å². The van der Waals surface area contributed by atoms with Gasteiger partial charge in [-0.15, -0.1) is 5.10 Å². The number of aryl methyl sites for hydroxylation is 1. The van der Waals surface area contributed by atoms with E-state index in [1.165, 1.54) is 4.31 Å². The van der Waals surface area contributed by atoms with Crippen LogP contribution in [0.1, 0.15) is 39.0 Å². The number of hydrogen-bond donors (Lipinski definition) is 0. The van der Waals surface area contributed by atoms with Crippen molar-refractivity contribution in [3.8, 4) is 0 Å². The smallest absolute Gasteiger partial charge is 0.243 e. The number of sulfonamides is 1. The van der Waals surface area contributed by atoms with Gasteiger partial charge in [-0.3, -0.25) is 4.79 Å². The van der Waals surface area contributed by atoms with Crippen LogP contribution in [0.3, 0.4) is 0 Å². The standard InChI is InChI=1S/C21H29N5O5S/c1-2-9-25-18-6-5-16(15-17(18)22-23-25)32(28,29)26-10-3-4-19(26)20(27)24-11-7-21(8-12-24)30-13-14-31-21/h5-6,15,19H,2-4,7-14H2,1H3/t19-/m1/s1. The Balaban J connectivity index is 1.34. The van der Waals surface area contributed by atoms with Gasteiger partial charge in [0.1, 0.15) is 11.6 Å². The van der Waals surface area contributed by atoms with Gasteiger partial charge in [0, 0.05) is 39.0 Å². The van der Waals surface area contributed by atoms with Gasteiger partial charge in [0.25, 0.3) is 0 Å². The maximum Gasteiger partial charge on any atom is 0.243 e. The van der Waals surface area contributed by atoms with Crippen molar-refractivity contribution in [2.75, 3.05) is 32.8 Å². The fourth-order valence-electron chi connectivity index (χ4n) is 4.96. The second kappa shape index (κ2) is 8.36. The highest BCUT2D eigenvalue weighted by atomic mass is 32.2. The molecule has 0 radical (unpaired) electrons. The van der Waals surface area contributed by atoms with Gasteiger partial charge in [0.05, 0.1) is 23.6 Å². The van der Waals surface area contributed by atoms with Gasteiger partial charge in [-0.05, 0) is 37.5 Å². The Morgan fingerprint density at radius 3 is 2.66 bits per heavy atom. The fourth-order valence-corrected chi connectivity index (χ4v) is 6.64. The number of rotatable bonds is 5. The Morgan fingerprint density at radius 1 is 1.19 bits per heavy atom. The number of fused-ring (bicyclic) bond motifs is 1. The van der Waals surface area contributed by atoms with E-state index in [0.29, 0.717) is 64.0 Å². The van der Waals surface area contributed by atoms with Crippen molar-refractivity contribution in [2.45, 2.75) is 62.3 Å². The molecule has 0 unspecified atom stereocenters. The molecule has 5 rings (SSSR count). The van der Waals surface area contributed by atoms with Crippen LogP contribution in [0, 0.1) is 0 Å². The molecule has 32 heavy (non-hydrogen) atoms. The third-order valence-electron chi connectivity index (χ3n) is 6.67. The molecule has 0 bridgehead atoms. The minimum Gasteiger partial charge on any atom is -0.347 e. The number of hydrogen-bond acceptors (Lipinski definition) is 7. The van der Waals surface area contributed by atoms with E-state index in [4.69, 9.17) is 9.47 Å². The average Bonchev–Trinajstić information content (AvgIpc) is 3.54. The van der Waals surface area contributed by atoms with E-state index in [1.54, 1.807) is 27.8 Å². The lowest BCUT2D eigenvalue weighted by Crippen LogP contribution is -2.53. The van der Waals surface area contributed by atoms with Crippen LogP contribution in [-0.4, -0.2) is 83.2 Å². The lowest BCUT2D eigenvalue weighted by atomic mass is 10.0. The first-order chi connectivity index (χ1) is 15.4. The Morgan fingerprint density at radius 2 is 1.94 bits per heavy atom. The molecule has 0 N–H and O–H groups in total. The molecule has 2 aromatic rings. The second-order valence-corrected chi connectivity index (χ2v) is 10.6. The van der Waals surface area contributed by atoms with E-state index < -0.39 is 21.9 Å². The summed E-state index contributed by atoms with van der Waals surface area (Å²) in [6.07, 6.45) is 3.33. The molecule has 4 heterocycles. The average molecular weight is 464 g/mol. The number of likely N-dealkylation sites (tertiary alicyclic amines) is 1. The van der Waals surface area contributed by atoms with Crippen LogP contribution in [0.15, 0.2) is 23.1 Å². The number of benzene rings is 1. The number of nitrogens with zero attached hydrogens (tertiary/aromatic N) is 5. The molecular formula is C21H29N5O5S. The minimum atomic E-state index is -3.83. The molecule has 1 amide bonds. The predicted octanol–water partition coefficient (Wildman–Crippen LogP) is 1.36. The van der Waals surface area contributed by atoms with Crippen LogP contribution in [0.25, 0.3) is 11.0 Å². The maximum atomic E-state index is 13.5. The fraction of sp³-hybridized carbons (Fsp3) is 0.667. The molecule has 0 saturated carbocycles. The molecule has 11 heteroatoms. The highest BCUT2D eigenvalue weighted by molar-refractivity contribution is 7.89. The first-order valence-corrected chi connectivity index (χ1v) is 12.8. The summed E-state index contributed by atoms with van der Waals surface area (Å²) in [5, 5.41) is 8.25. The normalized spacial score (nSPS) is 24.0. The summed E-state index contributed by atoms with van der Waals surface area (Å²) in [6, 6.07) is 4.22. The molecule has 174 valence electrons. The van der Waals surface area contributed by atoms with E-state index in [2.05, 4.69) is 10.3 Å². The van der Waals surface area contributed by atoms with Crippen LogP contribution >= 0.6 is 0 Å². The van der Waals surface area contributed by atoms with Gasteiger partial charge >= 0.3 is 0 Å². The predicted molar refractivity (Wildman–Crippen MR) is 115 cm³/mol. The van der Waals surface area contributed by atoms with Crippen molar-refractivity contribution in [1.29, 1.82) is 0 Å². The number of carbonyl (C=O) groups is 1. The largest absolute Gasteiger partial charge is 0.347 e. The minimum absolute atomic E-state index is 0.131. The van der Waals surface area contributed by atoms with Gasteiger partial charge in [-0.2, -0.15) is 4.31 Å². The molecule has 1 spiro atoms. The van der Waals surface area contributed by atoms with Gasteiger partial charge in [-0.25, -0.2) is 13.1 Å². The molecule has 3 aliphatic rings. The molecular weight excluding hydrogens is 434 g/mol. The first kappa shape index (κ1) is 21.7. The summed E-state index contributed by atoms with van der Waals surface area (Å²) >= 11 is 0. The van der Waals surface area contributed by atoms with Crippen LogP contribution in [0.5, 0.6) is 0 Å². The summed E-state index contributed by atoms with van der Waals surface area (Å²) in [5.41, 5.74) is 1.35. The molecule has 3 aliphatic heterocycles. The number of carbonyl (C=O) groups excluding carboxylic acids is 1. The van der Waals surface area contributed by atoms with Gasteiger partial charge < -0.3 is 14.4 Å². The highest BCUT2D eigenvalue weighted by Gasteiger charge is 2.45. The summed E-state index contributed by atoms with van der Waals surface area (Å²) in [4.78, 5) is 15.2. The summed E-state index contributed by atoms with van der Waals surface area (Å²) in [5.74, 6) is -0.697. The lowest BCUT2D eigenvalue weighted by molar-refractivity contribution is -0.188. The number of aromatic nitrogens is 3. The Hall–Kier alpha value is -2.08. The van der Waals surface area contributed by atoms with Crippen LogP contribution in [0.2, 0.25) is 0 Å². The van der Waals surface area contributed by atoms with E-state index in [9.17, 15) is 13.2 Å². The molecule has 1 aromatic heterocycles. The topological polar surface area (TPSA) is 107 Å². The van der Waals surface area contributed by atoms with Gasteiger partial charge in [0.15, 0.2) is 5.79 Å². The number of piperidine rings is 1. The molecule has 3 fully saturated rings. The zero-order valence-electron chi connectivity index (χ0n) is 18.3.